The van der Waals surface area contributed by atoms with Crippen molar-refractivity contribution in [2.24, 2.45) is 0 Å². The Hall–Kier alpha value is -3.36. The molecule has 0 aliphatic rings. The molecule has 0 heterocycles. The lowest BCUT2D eigenvalue weighted by Crippen LogP contribution is -2.52. The minimum Gasteiger partial charge on any atom is -0.354 e. The van der Waals surface area contributed by atoms with E-state index < -0.39 is 28.5 Å². The van der Waals surface area contributed by atoms with Crippen LogP contribution in [0.4, 0.5) is 5.69 Å². The van der Waals surface area contributed by atoms with E-state index in [9.17, 15) is 18.0 Å². The summed E-state index contributed by atoms with van der Waals surface area (Å²) in [5.74, 6) is -0.777. The van der Waals surface area contributed by atoms with Crippen LogP contribution in [0.15, 0.2) is 83.8 Å². The molecule has 9 heteroatoms. The molecule has 7 nitrogen and oxygen atoms in total. The Kier molecular flexibility index (Phi) is 10.3. The first-order valence-electron chi connectivity index (χ1n) is 12.6. The van der Waals surface area contributed by atoms with Crippen LogP contribution < -0.4 is 9.62 Å². The lowest BCUT2D eigenvalue weighted by atomic mass is 10.1. The number of nitrogens with zero attached hydrogens (tertiary/aromatic N) is 2. The topological polar surface area (TPSA) is 86.8 Å². The highest BCUT2D eigenvalue weighted by molar-refractivity contribution is 7.92. The molecule has 0 bridgehead atoms. The zero-order valence-electron chi connectivity index (χ0n) is 21.9. The lowest BCUT2D eigenvalue weighted by Gasteiger charge is -2.32. The highest BCUT2D eigenvalue weighted by Crippen LogP contribution is 2.28. The van der Waals surface area contributed by atoms with Gasteiger partial charge >= 0.3 is 0 Å². The summed E-state index contributed by atoms with van der Waals surface area (Å²) in [6.45, 7) is 5.67. The smallest absolute Gasteiger partial charge is 0.264 e. The van der Waals surface area contributed by atoms with E-state index in [0.717, 1.165) is 21.9 Å². The maximum absolute atomic E-state index is 13.8. The number of hydrogen-bond acceptors (Lipinski definition) is 4. The second kappa shape index (κ2) is 13.4. The van der Waals surface area contributed by atoms with Gasteiger partial charge in [-0.05, 0) is 62.1 Å². The maximum atomic E-state index is 13.8. The number of carbonyl (C=O) groups excluding carboxylic acids is 2. The maximum Gasteiger partial charge on any atom is 0.264 e. The molecule has 0 saturated carbocycles. The van der Waals surface area contributed by atoms with Gasteiger partial charge in [0.05, 0.1) is 10.6 Å². The van der Waals surface area contributed by atoms with Crippen molar-refractivity contribution >= 4 is 39.1 Å². The van der Waals surface area contributed by atoms with E-state index in [-0.39, 0.29) is 23.0 Å². The number of sulfonamides is 1. The van der Waals surface area contributed by atoms with Gasteiger partial charge in [0.15, 0.2) is 0 Å². The summed E-state index contributed by atoms with van der Waals surface area (Å²) in [6, 6.07) is 21.7. The van der Waals surface area contributed by atoms with Crippen molar-refractivity contribution < 1.29 is 18.0 Å². The fourth-order valence-electron chi connectivity index (χ4n) is 3.95. The number of aryl methyl sites for hydroxylation is 1. The Morgan fingerprint density at radius 3 is 2.21 bits per heavy atom. The van der Waals surface area contributed by atoms with Crippen molar-refractivity contribution in [1.82, 2.24) is 10.2 Å². The normalized spacial score (nSPS) is 12.0. The molecule has 2 amide bonds. The molecule has 38 heavy (non-hydrogen) atoms. The summed E-state index contributed by atoms with van der Waals surface area (Å²) in [6.07, 6.45) is 1.27. The molecule has 1 unspecified atom stereocenters. The lowest BCUT2D eigenvalue weighted by molar-refractivity contribution is -0.138. The quantitative estimate of drug-likeness (QED) is 0.347. The van der Waals surface area contributed by atoms with E-state index in [1.807, 2.05) is 44.2 Å². The van der Waals surface area contributed by atoms with Gasteiger partial charge in [0, 0.05) is 18.1 Å². The van der Waals surface area contributed by atoms with E-state index in [0.29, 0.717) is 18.0 Å². The van der Waals surface area contributed by atoms with Crippen LogP contribution in [0.25, 0.3) is 0 Å². The molecule has 0 radical (unpaired) electrons. The highest BCUT2D eigenvalue weighted by Gasteiger charge is 2.32. The second-order valence-electron chi connectivity index (χ2n) is 9.05. The van der Waals surface area contributed by atoms with Gasteiger partial charge in [0.2, 0.25) is 11.8 Å². The summed E-state index contributed by atoms with van der Waals surface area (Å²) in [5, 5.41) is 3.22. The summed E-state index contributed by atoms with van der Waals surface area (Å²) < 4.78 is 28.5. The van der Waals surface area contributed by atoms with Gasteiger partial charge in [-0.3, -0.25) is 13.9 Å². The highest BCUT2D eigenvalue weighted by atomic mass is 35.5. The fourth-order valence-corrected chi connectivity index (χ4v) is 5.55. The number of nitrogens with one attached hydrogen (secondary N) is 1. The zero-order valence-corrected chi connectivity index (χ0v) is 23.5. The van der Waals surface area contributed by atoms with Gasteiger partial charge in [-0.1, -0.05) is 73.1 Å². The number of hydrogen-bond donors (Lipinski definition) is 1. The van der Waals surface area contributed by atoms with E-state index in [4.69, 9.17) is 11.6 Å². The first-order valence-corrected chi connectivity index (χ1v) is 14.4. The van der Waals surface area contributed by atoms with Gasteiger partial charge in [-0.15, -0.1) is 0 Å². The zero-order chi connectivity index (χ0) is 27.7. The van der Waals surface area contributed by atoms with Crippen LogP contribution in [0.2, 0.25) is 5.02 Å². The monoisotopic (exact) mass is 555 g/mol. The number of anilines is 1. The SMILES string of the molecule is CCCNC(=O)C(C)N(CCc1ccccc1)C(=O)CN(c1ccc(C)c(Cl)c1)S(=O)(=O)c1ccccc1. The van der Waals surface area contributed by atoms with Gasteiger partial charge in [0.25, 0.3) is 10.0 Å². The van der Waals surface area contributed by atoms with E-state index in [1.54, 1.807) is 37.3 Å². The first kappa shape index (κ1) is 29.2. The average Bonchev–Trinajstić information content (AvgIpc) is 2.92. The number of amides is 2. The Bertz CT molecular complexity index is 1330. The standard InChI is InChI=1S/C29H34ClN3O4S/c1-4-18-31-29(35)23(3)32(19-17-24-11-7-5-8-12-24)28(34)21-33(25-16-15-22(2)27(30)20-25)38(36,37)26-13-9-6-10-14-26/h5-16,20,23H,4,17-19,21H2,1-3H3,(H,31,35). The number of halogens is 1. The van der Waals surface area contributed by atoms with Crippen molar-refractivity contribution in [2.75, 3.05) is 23.9 Å². The van der Waals surface area contributed by atoms with Crippen molar-refractivity contribution in [1.29, 1.82) is 0 Å². The van der Waals surface area contributed by atoms with Crippen LogP contribution in [0, 0.1) is 6.92 Å². The Labute approximate surface area is 230 Å². The van der Waals surface area contributed by atoms with Gasteiger partial charge in [0.1, 0.15) is 12.6 Å². The molecule has 0 fully saturated rings. The van der Waals surface area contributed by atoms with Crippen LogP contribution >= 0.6 is 11.6 Å². The number of rotatable bonds is 12. The van der Waals surface area contributed by atoms with Crippen LogP contribution in [0.3, 0.4) is 0 Å². The predicted octanol–water partition coefficient (Wildman–Crippen LogP) is 4.83. The summed E-state index contributed by atoms with van der Waals surface area (Å²) in [4.78, 5) is 28.2. The van der Waals surface area contributed by atoms with Crippen LogP contribution in [0.1, 0.15) is 31.4 Å². The van der Waals surface area contributed by atoms with Gasteiger partial charge < -0.3 is 10.2 Å². The van der Waals surface area contributed by atoms with Crippen LogP contribution in [0.5, 0.6) is 0 Å². The molecule has 3 aromatic rings. The fraction of sp³-hybridized carbons (Fsp3) is 0.310. The van der Waals surface area contributed by atoms with E-state index in [2.05, 4.69) is 5.32 Å². The predicted molar refractivity (Wildman–Crippen MR) is 152 cm³/mol. The Morgan fingerprint density at radius 1 is 0.974 bits per heavy atom. The molecule has 0 aromatic heterocycles. The third-order valence-corrected chi connectivity index (χ3v) is 8.45. The summed E-state index contributed by atoms with van der Waals surface area (Å²) in [7, 11) is -4.11. The Balaban J connectivity index is 1.97. The molecule has 0 spiro atoms. The van der Waals surface area contributed by atoms with Crippen molar-refractivity contribution in [3.05, 3.63) is 95.0 Å². The molecule has 0 saturated heterocycles. The molecule has 0 aliphatic carbocycles. The summed E-state index contributed by atoms with van der Waals surface area (Å²) >= 11 is 6.34. The van der Waals surface area contributed by atoms with Crippen LogP contribution in [-0.2, 0) is 26.0 Å². The first-order chi connectivity index (χ1) is 18.1. The Morgan fingerprint density at radius 2 is 1.61 bits per heavy atom. The largest absolute Gasteiger partial charge is 0.354 e. The average molecular weight is 556 g/mol. The molecular formula is C29H34ClN3O4S. The third-order valence-electron chi connectivity index (χ3n) is 6.25. The molecule has 3 rings (SSSR count). The molecule has 1 atom stereocenters. The van der Waals surface area contributed by atoms with Crippen molar-refractivity contribution in [3.8, 4) is 0 Å². The molecule has 0 aliphatic heterocycles. The molecule has 3 aromatic carbocycles. The number of benzene rings is 3. The van der Waals surface area contributed by atoms with E-state index >= 15 is 0 Å². The minimum atomic E-state index is -4.11. The second-order valence-corrected chi connectivity index (χ2v) is 11.3. The molecular weight excluding hydrogens is 522 g/mol. The van der Waals surface area contributed by atoms with E-state index in [1.165, 1.54) is 23.1 Å². The number of carbonyl (C=O) groups is 2. The van der Waals surface area contributed by atoms with Crippen LogP contribution in [-0.4, -0.2) is 50.8 Å². The minimum absolute atomic E-state index is 0.0501. The van der Waals surface area contributed by atoms with Gasteiger partial charge in [-0.2, -0.15) is 0 Å². The van der Waals surface area contributed by atoms with Crippen molar-refractivity contribution in [3.63, 3.8) is 0 Å². The van der Waals surface area contributed by atoms with Crippen molar-refractivity contribution in [2.45, 2.75) is 44.6 Å². The molecule has 202 valence electrons. The van der Waals surface area contributed by atoms with Gasteiger partial charge in [-0.25, -0.2) is 8.42 Å². The summed E-state index contributed by atoms with van der Waals surface area (Å²) in [5.41, 5.74) is 2.05. The third kappa shape index (κ3) is 7.36. The molecule has 1 N–H and O–H groups in total.